The SMILES string of the molecule is CO[Si](CCCNC(=O)NCCO)(OC)OC. The molecule has 0 aliphatic carbocycles. The van der Waals surface area contributed by atoms with E-state index in [1.165, 1.54) is 0 Å². The molecule has 0 aliphatic heterocycles. The molecule has 0 bridgehead atoms. The summed E-state index contributed by atoms with van der Waals surface area (Å²) in [5.74, 6) is 0. The number of aliphatic hydroxyl groups excluding tert-OH is 1. The van der Waals surface area contributed by atoms with Crippen molar-refractivity contribution in [3.63, 3.8) is 0 Å². The van der Waals surface area contributed by atoms with Gasteiger partial charge >= 0.3 is 14.8 Å². The fourth-order valence-corrected chi connectivity index (χ4v) is 3.02. The maximum Gasteiger partial charge on any atom is 0.500 e. The lowest BCUT2D eigenvalue weighted by atomic mass is 10.5. The lowest BCUT2D eigenvalue weighted by Crippen LogP contribution is -2.44. The third-order valence-corrected chi connectivity index (χ3v) is 5.11. The Morgan fingerprint density at radius 1 is 1.12 bits per heavy atom. The zero-order chi connectivity index (χ0) is 13.1. The third kappa shape index (κ3) is 6.59. The van der Waals surface area contributed by atoms with Gasteiger partial charge in [0.05, 0.1) is 6.61 Å². The predicted octanol–water partition coefficient (Wildman–Crippen LogP) is -0.454. The van der Waals surface area contributed by atoms with Gasteiger partial charge in [-0.25, -0.2) is 4.79 Å². The van der Waals surface area contributed by atoms with Crippen molar-refractivity contribution in [2.24, 2.45) is 0 Å². The molecule has 0 heterocycles. The first-order chi connectivity index (χ1) is 8.14. The molecule has 0 spiro atoms. The van der Waals surface area contributed by atoms with Crippen LogP contribution in [0, 0.1) is 0 Å². The van der Waals surface area contributed by atoms with E-state index in [2.05, 4.69) is 10.6 Å². The molecule has 3 N–H and O–H groups in total. The van der Waals surface area contributed by atoms with Gasteiger partial charge in [0, 0.05) is 40.5 Å². The van der Waals surface area contributed by atoms with Gasteiger partial charge < -0.3 is 29.0 Å². The van der Waals surface area contributed by atoms with Crippen molar-refractivity contribution in [2.45, 2.75) is 12.5 Å². The van der Waals surface area contributed by atoms with Gasteiger partial charge in [-0.2, -0.15) is 0 Å². The van der Waals surface area contributed by atoms with E-state index in [1.54, 1.807) is 21.3 Å². The Balaban J connectivity index is 3.71. The molecule has 0 radical (unpaired) electrons. The van der Waals surface area contributed by atoms with Crippen LogP contribution in [0.25, 0.3) is 0 Å². The van der Waals surface area contributed by atoms with Crippen LogP contribution in [0.3, 0.4) is 0 Å². The summed E-state index contributed by atoms with van der Waals surface area (Å²) in [6.45, 7) is 0.682. The Morgan fingerprint density at radius 2 is 1.65 bits per heavy atom. The first kappa shape index (κ1) is 16.3. The topological polar surface area (TPSA) is 89.1 Å². The molecule has 0 aliphatic rings. The molecular weight excluding hydrogens is 244 g/mol. The van der Waals surface area contributed by atoms with Crippen molar-refractivity contribution in [2.75, 3.05) is 41.0 Å². The highest BCUT2D eigenvalue weighted by molar-refractivity contribution is 6.60. The van der Waals surface area contributed by atoms with Crippen molar-refractivity contribution in [1.82, 2.24) is 10.6 Å². The van der Waals surface area contributed by atoms with E-state index in [4.69, 9.17) is 18.4 Å². The molecule has 0 aromatic rings. The quantitative estimate of drug-likeness (QED) is 0.388. The van der Waals surface area contributed by atoms with E-state index in [-0.39, 0.29) is 19.2 Å². The second-order valence-corrected chi connectivity index (χ2v) is 6.40. The number of nitrogens with one attached hydrogen (secondary N) is 2. The van der Waals surface area contributed by atoms with Gasteiger partial charge in [-0.3, -0.25) is 0 Å². The van der Waals surface area contributed by atoms with Gasteiger partial charge in [0.25, 0.3) is 0 Å². The third-order valence-electron chi connectivity index (χ3n) is 2.28. The number of aliphatic hydroxyl groups is 1. The number of urea groups is 1. The number of carbonyl (C=O) groups excluding carboxylic acids is 1. The van der Waals surface area contributed by atoms with Crippen molar-refractivity contribution in [3.8, 4) is 0 Å². The molecule has 0 atom stereocenters. The van der Waals surface area contributed by atoms with Gasteiger partial charge in [-0.05, 0) is 6.42 Å². The van der Waals surface area contributed by atoms with Gasteiger partial charge in [-0.15, -0.1) is 0 Å². The summed E-state index contributed by atoms with van der Waals surface area (Å²) in [7, 11) is 2.14. The molecule has 7 nitrogen and oxygen atoms in total. The van der Waals surface area contributed by atoms with E-state index >= 15 is 0 Å². The minimum atomic E-state index is -2.53. The molecular formula is C9H22N2O5Si. The van der Waals surface area contributed by atoms with Crippen molar-refractivity contribution >= 4 is 14.8 Å². The van der Waals surface area contributed by atoms with Crippen LogP contribution in [0.4, 0.5) is 4.79 Å². The van der Waals surface area contributed by atoms with Crippen molar-refractivity contribution < 1.29 is 23.2 Å². The van der Waals surface area contributed by atoms with E-state index in [9.17, 15) is 4.79 Å². The van der Waals surface area contributed by atoms with Crippen LogP contribution >= 0.6 is 0 Å². The van der Waals surface area contributed by atoms with Gasteiger partial charge in [-0.1, -0.05) is 0 Å². The Labute approximate surface area is 103 Å². The molecule has 0 aromatic carbocycles. The van der Waals surface area contributed by atoms with Crippen LogP contribution in [0.1, 0.15) is 6.42 Å². The molecule has 17 heavy (non-hydrogen) atoms. The number of hydrogen-bond acceptors (Lipinski definition) is 5. The molecule has 2 amide bonds. The smallest absolute Gasteiger partial charge is 0.395 e. The monoisotopic (exact) mass is 266 g/mol. The fourth-order valence-electron chi connectivity index (χ4n) is 1.29. The molecule has 8 heteroatoms. The maximum atomic E-state index is 11.1. The molecule has 102 valence electrons. The molecule has 0 rings (SSSR count). The predicted molar refractivity (Wildman–Crippen MR) is 64.7 cm³/mol. The number of rotatable bonds is 9. The van der Waals surface area contributed by atoms with Crippen LogP contribution in [0.15, 0.2) is 0 Å². The molecule has 0 fully saturated rings. The van der Waals surface area contributed by atoms with Crippen molar-refractivity contribution in [1.29, 1.82) is 0 Å². The Kier molecular flexibility index (Phi) is 9.00. The van der Waals surface area contributed by atoms with E-state index in [0.29, 0.717) is 19.0 Å². The second-order valence-electron chi connectivity index (χ2n) is 3.31. The van der Waals surface area contributed by atoms with Crippen LogP contribution in [0.2, 0.25) is 6.04 Å². The summed E-state index contributed by atoms with van der Waals surface area (Å²) in [6, 6.07) is 0.343. The standard InChI is InChI=1S/C9H22N2O5Si/c1-14-17(15-2,16-3)8-4-5-10-9(13)11-6-7-12/h12H,4-8H2,1-3H3,(H2,10,11,13). The summed E-state index contributed by atoms with van der Waals surface area (Å²) >= 11 is 0. The lowest BCUT2D eigenvalue weighted by Gasteiger charge is -2.24. The van der Waals surface area contributed by atoms with Gasteiger partial charge in [0.2, 0.25) is 0 Å². The van der Waals surface area contributed by atoms with E-state index < -0.39 is 8.80 Å². The summed E-state index contributed by atoms with van der Waals surface area (Å²) in [4.78, 5) is 11.1. The first-order valence-electron chi connectivity index (χ1n) is 5.42. The molecule has 0 saturated carbocycles. The Bertz CT molecular complexity index is 205. The number of amides is 2. The van der Waals surface area contributed by atoms with E-state index in [1.807, 2.05) is 0 Å². The Hall–Kier alpha value is -0.673. The van der Waals surface area contributed by atoms with Crippen LogP contribution in [-0.4, -0.2) is 61.0 Å². The highest BCUT2D eigenvalue weighted by Gasteiger charge is 2.36. The average molecular weight is 266 g/mol. The zero-order valence-electron chi connectivity index (χ0n) is 10.6. The average Bonchev–Trinajstić information content (AvgIpc) is 2.37. The molecule has 0 saturated heterocycles. The van der Waals surface area contributed by atoms with Gasteiger partial charge in [0.1, 0.15) is 0 Å². The van der Waals surface area contributed by atoms with Crippen LogP contribution in [-0.2, 0) is 13.3 Å². The minimum Gasteiger partial charge on any atom is -0.395 e. The highest BCUT2D eigenvalue weighted by atomic mass is 28.4. The Morgan fingerprint density at radius 3 is 2.12 bits per heavy atom. The molecule has 0 unspecified atom stereocenters. The highest BCUT2D eigenvalue weighted by Crippen LogP contribution is 2.14. The number of hydrogen-bond donors (Lipinski definition) is 3. The van der Waals surface area contributed by atoms with Crippen LogP contribution < -0.4 is 10.6 Å². The fraction of sp³-hybridized carbons (Fsp3) is 0.889. The normalized spacial score (nSPS) is 11.3. The summed E-state index contributed by atoms with van der Waals surface area (Å²) in [6.07, 6.45) is 0.703. The number of carbonyl (C=O) groups is 1. The zero-order valence-corrected chi connectivity index (χ0v) is 11.6. The van der Waals surface area contributed by atoms with Crippen molar-refractivity contribution in [3.05, 3.63) is 0 Å². The van der Waals surface area contributed by atoms with Gasteiger partial charge in [0.15, 0.2) is 0 Å². The lowest BCUT2D eigenvalue weighted by molar-refractivity contribution is 0.123. The van der Waals surface area contributed by atoms with Crippen LogP contribution in [0.5, 0.6) is 0 Å². The first-order valence-corrected chi connectivity index (χ1v) is 7.35. The largest absolute Gasteiger partial charge is 0.500 e. The van der Waals surface area contributed by atoms with E-state index in [0.717, 1.165) is 0 Å². The second kappa shape index (κ2) is 9.37. The summed E-state index contributed by atoms with van der Waals surface area (Å²) in [5, 5.41) is 13.6. The molecule has 0 aromatic heterocycles. The summed E-state index contributed by atoms with van der Waals surface area (Å²) < 4.78 is 15.7. The minimum absolute atomic E-state index is 0.0690. The maximum absolute atomic E-state index is 11.1. The summed E-state index contributed by atoms with van der Waals surface area (Å²) in [5.41, 5.74) is 0.